The fourth-order valence-electron chi connectivity index (χ4n) is 1.81. The van der Waals surface area contributed by atoms with Gasteiger partial charge in [-0.25, -0.2) is 4.39 Å². The SMILES string of the molecule is CCNCc1cc(COc2ccc(F)cc2Br)c(C)o1. The van der Waals surface area contributed by atoms with E-state index in [0.29, 0.717) is 23.4 Å². The van der Waals surface area contributed by atoms with E-state index < -0.39 is 0 Å². The largest absolute Gasteiger partial charge is 0.488 e. The third kappa shape index (κ3) is 3.84. The Morgan fingerprint density at radius 1 is 1.35 bits per heavy atom. The van der Waals surface area contributed by atoms with Crippen molar-refractivity contribution in [3.8, 4) is 5.75 Å². The Kier molecular flexibility index (Phi) is 5.20. The number of aryl methyl sites for hydroxylation is 1. The van der Waals surface area contributed by atoms with Crippen LogP contribution in [0.25, 0.3) is 0 Å². The molecule has 0 aliphatic rings. The first kappa shape index (κ1) is 15.1. The standard InChI is InChI=1S/C15H17BrFNO2/c1-3-18-8-13-6-11(10(2)20-13)9-19-15-5-4-12(17)7-14(15)16/h4-7,18H,3,8-9H2,1-2H3. The Bertz CT molecular complexity index is 583. The molecule has 0 bridgehead atoms. The molecule has 3 nitrogen and oxygen atoms in total. The number of benzene rings is 1. The van der Waals surface area contributed by atoms with Crippen LogP contribution >= 0.6 is 15.9 Å². The summed E-state index contributed by atoms with van der Waals surface area (Å²) in [6.45, 7) is 5.96. The van der Waals surface area contributed by atoms with Crippen LogP contribution in [-0.4, -0.2) is 6.54 Å². The maximum absolute atomic E-state index is 13.0. The Hall–Kier alpha value is -1.33. The summed E-state index contributed by atoms with van der Waals surface area (Å²) in [4.78, 5) is 0. The summed E-state index contributed by atoms with van der Waals surface area (Å²) in [5.74, 6) is 2.05. The molecule has 5 heteroatoms. The predicted molar refractivity (Wildman–Crippen MR) is 79.3 cm³/mol. The third-order valence-corrected chi connectivity index (χ3v) is 3.52. The summed E-state index contributed by atoms with van der Waals surface area (Å²) >= 11 is 3.28. The van der Waals surface area contributed by atoms with E-state index in [2.05, 4.69) is 21.2 Å². The van der Waals surface area contributed by atoms with Crippen LogP contribution in [0, 0.1) is 12.7 Å². The first-order valence-corrected chi connectivity index (χ1v) is 7.26. The van der Waals surface area contributed by atoms with Gasteiger partial charge in [-0.1, -0.05) is 6.92 Å². The molecule has 0 amide bonds. The molecule has 0 radical (unpaired) electrons. The van der Waals surface area contributed by atoms with Crippen LogP contribution in [0.1, 0.15) is 24.0 Å². The van der Waals surface area contributed by atoms with Crippen LogP contribution < -0.4 is 10.1 Å². The average molecular weight is 342 g/mol. The van der Waals surface area contributed by atoms with Gasteiger partial charge in [0.1, 0.15) is 29.7 Å². The van der Waals surface area contributed by atoms with E-state index >= 15 is 0 Å². The molecule has 0 aliphatic carbocycles. The Labute approximate surface area is 126 Å². The quantitative estimate of drug-likeness (QED) is 0.855. The van der Waals surface area contributed by atoms with Gasteiger partial charge in [0.05, 0.1) is 11.0 Å². The maximum Gasteiger partial charge on any atom is 0.134 e. The van der Waals surface area contributed by atoms with Crippen LogP contribution in [0.15, 0.2) is 33.2 Å². The van der Waals surface area contributed by atoms with Crippen molar-refractivity contribution in [1.29, 1.82) is 0 Å². The smallest absolute Gasteiger partial charge is 0.134 e. The van der Waals surface area contributed by atoms with Gasteiger partial charge in [0, 0.05) is 5.56 Å². The molecule has 1 aromatic carbocycles. The van der Waals surface area contributed by atoms with Crippen molar-refractivity contribution in [2.24, 2.45) is 0 Å². The molecular weight excluding hydrogens is 325 g/mol. The second-order valence-corrected chi connectivity index (χ2v) is 5.29. The molecule has 0 saturated heterocycles. The molecule has 1 heterocycles. The summed E-state index contributed by atoms with van der Waals surface area (Å²) in [7, 11) is 0. The van der Waals surface area contributed by atoms with Crippen LogP contribution in [0.4, 0.5) is 4.39 Å². The lowest BCUT2D eigenvalue weighted by molar-refractivity contribution is 0.300. The monoisotopic (exact) mass is 341 g/mol. The van der Waals surface area contributed by atoms with Gasteiger partial charge in [-0.2, -0.15) is 0 Å². The predicted octanol–water partition coefficient (Wildman–Crippen LogP) is 4.18. The molecular formula is C15H17BrFNO2. The average Bonchev–Trinajstić information content (AvgIpc) is 2.76. The number of rotatable bonds is 6. The highest BCUT2D eigenvalue weighted by atomic mass is 79.9. The van der Waals surface area contributed by atoms with E-state index in [9.17, 15) is 4.39 Å². The number of nitrogens with one attached hydrogen (secondary N) is 1. The molecule has 108 valence electrons. The number of hydrogen-bond acceptors (Lipinski definition) is 3. The van der Waals surface area contributed by atoms with Gasteiger partial charge in [-0.05, 0) is 53.7 Å². The minimum absolute atomic E-state index is 0.295. The highest BCUT2D eigenvalue weighted by Gasteiger charge is 2.09. The first-order valence-electron chi connectivity index (χ1n) is 6.47. The highest BCUT2D eigenvalue weighted by Crippen LogP contribution is 2.27. The summed E-state index contributed by atoms with van der Waals surface area (Å²) < 4.78 is 24.9. The van der Waals surface area contributed by atoms with Crippen molar-refractivity contribution < 1.29 is 13.5 Å². The van der Waals surface area contributed by atoms with Crippen molar-refractivity contribution in [2.75, 3.05) is 6.54 Å². The summed E-state index contributed by atoms with van der Waals surface area (Å²) in [6, 6.07) is 6.34. The lowest BCUT2D eigenvalue weighted by Gasteiger charge is -2.07. The van der Waals surface area contributed by atoms with Gasteiger partial charge < -0.3 is 14.5 Å². The fourth-order valence-corrected chi connectivity index (χ4v) is 2.28. The van der Waals surface area contributed by atoms with Crippen LogP contribution in [0.5, 0.6) is 5.75 Å². The zero-order valence-corrected chi connectivity index (χ0v) is 13.1. The van der Waals surface area contributed by atoms with Gasteiger partial charge in [0.2, 0.25) is 0 Å². The molecule has 2 rings (SSSR count). The normalized spacial score (nSPS) is 10.8. The van der Waals surface area contributed by atoms with E-state index in [-0.39, 0.29) is 5.82 Å². The molecule has 0 fully saturated rings. The van der Waals surface area contributed by atoms with Gasteiger partial charge in [-0.15, -0.1) is 0 Å². The van der Waals surface area contributed by atoms with E-state index in [1.165, 1.54) is 12.1 Å². The lowest BCUT2D eigenvalue weighted by atomic mass is 10.2. The summed E-state index contributed by atoms with van der Waals surface area (Å²) in [5, 5.41) is 3.21. The van der Waals surface area contributed by atoms with Gasteiger partial charge in [0.15, 0.2) is 0 Å². The van der Waals surface area contributed by atoms with Crippen molar-refractivity contribution >= 4 is 15.9 Å². The Morgan fingerprint density at radius 3 is 2.85 bits per heavy atom. The van der Waals surface area contributed by atoms with Crippen molar-refractivity contribution in [3.05, 3.63) is 51.6 Å². The van der Waals surface area contributed by atoms with Crippen LogP contribution in [0.3, 0.4) is 0 Å². The lowest BCUT2D eigenvalue weighted by Crippen LogP contribution is -2.10. The third-order valence-electron chi connectivity index (χ3n) is 2.90. The van der Waals surface area contributed by atoms with Gasteiger partial charge in [0.25, 0.3) is 0 Å². The number of ether oxygens (including phenoxy) is 1. The van der Waals surface area contributed by atoms with Crippen molar-refractivity contribution in [3.63, 3.8) is 0 Å². The zero-order chi connectivity index (χ0) is 14.5. The number of hydrogen-bond donors (Lipinski definition) is 1. The second kappa shape index (κ2) is 6.90. The minimum Gasteiger partial charge on any atom is -0.488 e. The molecule has 0 aliphatic heterocycles. The molecule has 0 unspecified atom stereocenters. The molecule has 0 atom stereocenters. The van der Waals surface area contributed by atoms with E-state index in [0.717, 1.165) is 23.6 Å². The zero-order valence-electron chi connectivity index (χ0n) is 11.5. The molecule has 2 aromatic rings. The number of furan rings is 1. The fraction of sp³-hybridized carbons (Fsp3) is 0.333. The van der Waals surface area contributed by atoms with Crippen LogP contribution in [0.2, 0.25) is 0 Å². The van der Waals surface area contributed by atoms with Gasteiger partial charge in [-0.3, -0.25) is 0 Å². The Balaban J connectivity index is 2.01. The topological polar surface area (TPSA) is 34.4 Å². The van der Waals surface area contributed by atoms with Crippen LogP contribution in [-0.2, 0) is 13.2 Å². The Morgan fingerprint density at radius 2 is 2.15 bits per heavy atom. The van der Waals surface area contributed by atoms with E-state index in [1.54, 1.807) is 6.07 Å². The maximum atomic E-state index is 13.0. The second-order valence-electron chi connectivity index (χ2n) is 4.44. The summed E-state index contributed by atoms with van der Waals surface area (Å²) in [6.07, 6.45) is 0. The minimum atomic E-state index is -0.295. The van der Waals surface area contributed by atoms with E-state index in [4.69, 9.17) is 9.15 Å². The molecule has 1 N–H and O–H groups in total. The molecule has 1 aromatic heterocycles. The van der Waals surface area contributed by atoms with E-state index in [1.807, 2.05) is 19.9 Å². The molecule has 0 saturated carbocycles. The summed E-state index contributed by atoms with van der Waals surface area (Å²) in [5.41, 5.74) is 0.995. The van der Waals surface area contributed by atoms with Crippen molar-refractivity contribution in [2.45, 2.75) is 27.0 Å². The van der Waals surface area contributed by atoms with Gasteiger partial charge >= 0.3 is 0 Å². The molecule has 20 heavy (non-hydrogen) atoms. The molecule has 0 spiro atoms. The highest BCUT2D eigenvalue weighted by molar-refractivity contribution is 9.10. The first-order chi connectivity index (χ1) is 9.60. The van der Waals surface area contributed by atoms with Crippen molar-refractivity contribution in [1.82, 2.24) is 5.32 Å². The number of halogens is 2.